The van der Waals surface area contributed by atoms with Crippen LogP contribution in [0, 0.1) is 0 Å². The summed E-state index contributed by atoms with van der Waals surface area (Å²) in [6.45, 7) is 0. The molecule has 0 fully saturated rings. The minimum Gasteiger partial charge on any atom is -0.497 e. The van der Waals surface area contributed by atoms with E-state index in [1.54, 1.807) is 42.8 Å². The highest BCUT2D eigenvalue weighted by molar-refractivity contribution is 6.04. The van der Waals surface area contributed by atoms with E-state index in [4.69, 9.17) is 4.74 Å². The number of carbonyl (C=O) groups is 1. The molecule has 0 atom stereocenters. The standard InChI is InChI=1S/C22H17F3N4O2/c1-28(16-7-9-17(31-2)10-8-16)21(30)18-13-29-19(11-27-20(29)12-26-18)14-3-5-15(6-4-14)22(23,24)25/h3-13H,1-2H3. The molecule has 6 nitrogen and oxygen atoms in total. The first-order valence-corrected chi connectivity index (χ1v) is 9.21. The van der Waals surface area contributed by atoms with Crippen molar-refractivity contribution in [2.75, 3.05) is 19.1 Å². The number of methoxy groups -OCH3 is 1. The zero-order chi connectivity index (χ0) is 22.2. The molecule has 0 bridgehead atoms. The molecule has 0 spiro atoms. The number of amides is 1. The second-order valence-corrected chi connectivity index (χ2v) is 6.78. The molecule has 4 rings (SSSR count). The lowest BCUT2D eigenvalue weighted by atomic mass is 10.1. The number of aromatic nitrogens is 3. The van der Waals surface area contributed by atoms with E-state index in [2.05, 4.69) is 9.97 Å². The van der Waals surface area contributed by atoms with E-state index in [0.717, 1.165) is 12.1 Å². The normalized spacial score (nSPS) is 11.5. The number of nitrogens with zero attached hydrogens (tertiary/aromatic N) is 4. The van der Waals surface area contributed by atoms with Gasteiger partial charge in [0, 0.05) is 24.5 Å². The van der Waals surface area contributed by atoms with E-state index < -0.39 is 11.7 Å². The molecule has 1 amide bonds. The van der Waals surface area contributed by atoms with Crippen LogP contribution in [0.4, 0.5) is 18.9 Å². The van der Waals surface area contributed by atoms with Gasteiger partial charge in [0.1, 0.15) is 11.4 Å². The third-order valence-electron chi connectivity index (χ3n) is 4.89. The van der Waals surface area contributed by atoms with Crippen molar-refractivity contribution in [1.29, 1.82) is 0 Å². The number of benzene rings is 2. The van der Waals surface area contributed by atoms with Crippen molar-refractivity contribution in [1.82, 2.24) is 14.4 Å². The van der Waals surface area contributed by atoms with Crippen LogP contribution in [0.1, 0.15) is 16.1 Å². The molecule has 158 valence electrons. The molecular weight excluding hydrogens is 409 g/mol. The summed E-state index contributed by atoms with van der Waals surface area (Å²) >= 11 is 0. The van der Waals surface area contributed by atoms with Gasteiger partial charge in [-0.3, -0.25) is 9.20 Å². The number of hydrogen-bond donors (Lipinski definition) is 0. The van der Waals surface area contributed by atoms with Gasteiger partial charge in [-0.05, 0) is 36.4 Å². The molecule has 0 unspecified atom stereocenters. The molecule has 0 saturated heterocycles. The topological polar surface area (TPSA) is 59.7 Å². The molecule has 31 heavy (non-hydrogen) atoms. The number of imidazole rings is 1. The summed E-state index contributed by atoms with van der Waals surface area (Å²) in [6.07, 6.45) is 0.0922. The van der Waals surface area contributed by atoms with Gasteiger partial charge in [-0.25, -0.2) is 9.97 Å². The fraction of sp³-hybridized carbons (Fsp3) is 0.136. The van der Waals surface area contributed by atoms with Crippen LogP contribution >= 0.6 is 0 Å². The van der Waals surface area contributed by atoms with Crippen LogP contribution in [0.2, 0.25) is 0 Å². The SMILES string of the molecule is COc1ccc(N(C)C(=O)c2cn3c(-c4ccc(C(F)(F)F)cc4)cnc3cn2)cc1. The van der Waals surface area contributed by atoms with Gasteiger partial charge in [0.15, 0.2) is 5.65 Å². The van der Waals surface area contributed by atoms with Gasteiger partial charge < -0.3 is 9.64 Å². The molecule has 0 radical (unpaired) electrons. The average molecular weight is 426 g/mol. The van der Waals surface area contributed by atoms with Crippen LogP contribution in [0.25, 0.3) is 16.9 Å². The molecule has 0 aliphatic carbocycles. The van der Waals surface area contributed by atoms with Crippen molar-refractivity contribution in [2.24, 2.45) is 0 Å². The highest BCUT2D eigenvalue weighted by Crippen LogP contribution is 2.31. The lowest BCUT2D eigenvalue weighted by molar-refractivity contribution is -0.137. The number of alkyl halides is 3. The van der Waals surface area contributed by atoms with E-state index in [1.165, 1.54) is 35.6 Å². The van der Waals surface area contributed by atoms with Gasteiger partial charge in [-0.15, -0.1) is 0 Å². The first-order chi connectivity index (χ1) is 14.8. The monoisotopic (exact) mass is 426 g/mol. The zero-order valence-corrected chi connectivity index (χ0v) is 16.6. The highest BCUT2D eigenvalue weighted by atomic mass is 19.4. The van der Waals surface area contributed by atoms with Gasteiger partial charge in [-0.2, -0.15) is 13.2 Å². The van der Waals surface area contributed by atoms with Gasteiger partial charge in [0.25, 0.3) is 5.91 Å². The summed E-state index contributed by atoms with van der Waals surface area (Å²) in [5.41, 5.74) is 1.64. The lowest BCUT2D eigenvalue weighted by Crippen LogP contribution is -2.27. The van der Waals surface area contributed by atoms with Crippen LogP contribution < -0.4 is 9.64 Å². The Hall–Kier alpha value is -3.88. The minimum absolute atomic E-state index is 0.164. The highest BCUT2D eigenvalue weighted by Gasteiger charge is 2.30. The predicted octanol–water partition coefficient (Wildman–Crippen LogP) is 4.70. The Balaban J connectivity index is 1.67. The fourth-order valence-corrected chi connectivity index (χ4v) is 3.14. The van der Waals surface area contributed by atoms with Crippen LogP contribution in [-0.4, -0.2) is 34.4 Å². The molecule has 0 saturated carbocycles. The third kappa shape index (κ3) is 3.94. The number of anilines is 1. The molecule has 2 aromatic heterocycles. The molecule has 4 aromatic rings. The molecule has 0 N–H and O–H groups in total. The van der Waals surface area contributed by atoms with E-state index in [1.807, 2.05) is 0 Å². The van der Waals surface area contributed by atoms with Crippen molar-refractivity contribution >= 4 is 17.2 Å². The lowest BCUT2D eigenvalue weighted by Gasteiger charge is -2.17. The van der Waals surface area contributed by atoms with E-state index in [-0.39, 0.29) is 11.6 Å². The maximum atomic E-state index is 12.9. The molecule has 2 heterocycles. The number of halogens is 3. The van der Waals surface area contributed by atoms with Crippen LogP contribution in [0.3, 0.4) is 0 Å². The largest absolute Gasteiger partial charge is 0.497 e. The van der Waals surface area contributed by atoms with Crippen molar-refractivity contribution < 1.29 is 22.7 Å². The Morgan fingerprint density at radius 1 is 1.00 bits per heavy atom. The third-order valence-corrected chi connectivity index (χ3v) is 4.89. The van der Waals surface area contributed by atoms with Crippen LogP contribution in [0.15, 0.2) is 67.1 Å². The average Bonchev–Trinajstić information content (AvgIpc) is 3.21. The summed E-state index contributed by atoms with van der Waals surface area (Å²) in [6, 6.07) is 11.8. The van der Waals surface area contributed by atoms with Gasteiger partial charge in [0.2, 0.25) is 0 Å². The van der Waals surface area contributed by atoms with Gasteiger partial charge >= 0.3 is 6.18 Å². The number of ether oxygens (including phenoxy) is 1. The Kier molecular flexibility index (Phi) is 5.10. The molecule has 2 aromatic carbocycles. The fourth-order valence-electron chi connectivity index (χ4n) is 3.14. The van der Waals surface area contributed by atoms with Crippen LogP contribution in [-0.2, 0) is 6.18 Å². The first kappa shape index (κ1) is 20.4. The van der Waals surface area contributed by atoms with Crippen molar-refractivity contribution in [3.8, 4) is 17.0 Å². The smallest absolute Gasteiger partial charge is 0.416 e. The predicted molar refractivity (Wildman–Crippen MR) is 109 cm³/mol. The van der Waals surface area contributed by atoms with E-state index >= 15 is 0 Å². The Morgan fingerprint density at radius 3 is 2.29 bits per heavy atom. The maximum absolute atomic E-state index is 12.9. The Bertz CT molecular complexity index is 1230. The Labute approximate surface area is 175 Å². The minimum atomic E-state index is -4.41. The quantitative estimate of drug-likeness (QED) is 0.475. The number of carbonyl (C=O) groups excluding carboxylic acids is 1. The summed E-state index contributed by atoms with van der Waals surface area (Å²) < 4.78 is 45.3. The molecule has 0 aliphatic rings. The van der Waals surface area contributed by atoms with Crippen LogP contribution in [0.5, 0.6) is 5.75 Å². The first-order valence-electron chi connectivity index (χ1n) is 9.21. The van der Waals surface area contributed by atoms with Crippen molar-refractivity contribution in [2.45, 2.75) is 6.18 Å². The van der Waals surface area contributed by atoms with E-state index in [9.17, 15) is 18.0 Å². The number of rotatable bonds is 4. The van der Waals surface area contributed by atoms with Crippen molar-refractivity contribution in [3.63, 3.8) is 0 Å². The summed E-state index contributed by atoms with van der Waals surface area (Å²) in [5, 5.41) is 0. The second-order valence-electron chi connectivity index (χ2n) is 6.78. The maximum Gasteiger partial charge on any atom is 0.416 e. The summed E-state index contributed by atoms with van der Waals surface area (Å²) in [5.74, 6) is 0.322. The van der Waals surface area contributed by atoms with Gasteiger partial charge in [-0.1, -0.05) is 12.1 Å². The number of hydrogen-bond acceptors (Lipinski definition) is 4. The molecular formula is C22H17F3N4O2. The number of fused-ring (bicyclic) bond motifs is 1. The molecule has 0 aliphatic heterocycles. The van der Waals surface area contributed by atoms with E-state index in [0.29, 0.717) is 28.3 Å². The Morgan fingerprint density at radius 2 is 1.68 bits per heavy atom. The summed E-state index contributed by atoms with van der Waals surface area (Å²) in [4.78, 5) is 22.8. The second kappa shape index (κ2) is 7.75. The summed E-state index contributed by atoms with van der Waals surface area (Å²) in [7, 11) is 3.18. The van der Waals surface area contributed by atoms with Gasteiger partial charge in [0.05, 0.1) is 30.8 Å². The zero-order valence-electron chi connectivity index (χ0n) is 16.6. The van der Waals surface area contributed by atoms with Crippen molar-refractivity contribution in [3.05, 3.63) is 78.4 Å². The molecule has 9 heteroatoms.